The summed E-state index contributed by atoms with van der Waals surface area (Å²) in [6.45, 7) is 5.17. The Balaban J connectivity index is 1.80. The molecule has 3 rings (SSSR count). The Morgan fingerprint density at radius 1 is 1.50 bits per heavy atom. The molecule has 0 aromatic heterocycles. The maximum absolute atomic E-state index is 11.6. The van der Waals surface area contributed by atoms with Gasteiger partial charge in [-0.1, -0.05) is 6.58 Å². The van der Waals surface area contributed by atoms with Gasteiger partial charge in [0.2, 0.25) is 0 Å². The Hall–Kier alpha value is -1.32. The highest BCUT2D eigenvalue weighted by molar-refractivity contribution is 5.87. The van der Waals surface area contributed by atoms with E-state index in [2.05, 4.69) is 6.58 Å². The van der Waals surface area contributed by atoms with Gasteiger partial charge in [0.1, 0.15) is 18.1 Å². The third kappa shape index (κ3) is 1.16. The van der Waals surface area contributed by atoms with Crippen molar-refractivity contribution in [1.82, 2.24) is 0 Å². The van der Waals surface area contributed by atoms with Gasteiger partial charge in [-0.25, -0.2) is 4.79 Å². The zero-order chi connectivity index (χ0) is 11.4. The standard InChI is InChI=1S/C12H14O4/c1-5(2)11(13)16-10-6-3-7-8(4-6)15-12(14)9(7)10/h6-10H,1,3-4H2,2H3. The number of rotatable bonds is 2. The van der Waals surface area contributed by atoms with Crippen LogP contribution in [0.2, 0.25) is 0 Å². The van der Waals surface area contributed by atoms with E-state index in [1.165, 1.54) is 0 Å². The first-order chi connectivity index (χ1) is 7.58. The van der Waals surface area contributed by atoms with Crippen LogP contribution in [0.25, 0.3) is 0 Å². The zero-order valence-electron chi connectivity index (χ0n) is 9.14. The van der Waals surface area contributed by atoms with Gasteiger partial charge >= 0.3 is 11.9 Å². The summed E-state index contributed by atoms with van der Waals surface area (Å²) in [4.78, 5) is 23.1. The molecule has 5 atom stereocenters. The van der Waals surface area contributed by atoms with Crippen LogP contribution in [0, 0.1) is 17.8 Å². The highest BCUT2D eigenvalue weighted by Crippen LogP contribution is 2.55. The van der Waals surface area contributed by atoms with E-state index in [9.17, 15) is 9.59 Å². The van der Waals surface area contributed by atoms with Gasteiger partial charge in [0.15, 0.2) is 0 Å². The number of hydrogen-bond donors (Lipinski definition) is 0. The van der Waals surface area contributed by atoms with Gasteiger partial charge in [-0.15, -0.1) is 0 Å². The van der Waals surface area contributed by atoms with Crippen LogP contribution in [0.1, 0.15) is 19.8 Å². The summed E-state index contributed by atoms with van der Waals surface area (Å²) >= 11 is 0. The molecule has 16 heavy (non-hydrogen) atoms. The van der Waals surface area contributed by atoms with Gasteiger partial charge < -0.3 is 9.47 Å². The number of hydrogen-bond acceptors (Lipinski definition) is 4. The van der Waals surface area contributed by atoms with Gasteiger partial charge in [0.25, 0.3) is 0 Å². The summed E-state index contributed by atoms with van der Waals surface area (Å²) in [7, 11) is 0. The third-order valence-corrected chi connectivity index (χ3v) is 4.00. The zero-order valence-corrected chi connectivity index (χ0v) is 9.14. The Morgan fingerprint density at radius 2 is 2.25 bits per heavy atom. The SMILES string of the molecule is C=C(C)C(=O)OC1C2CC3OC(=O)C1C3C2. The molecule has 2 bridgehead atoms. The van der Waals surface area contributed by atoms with Crippen molar-refractivity contribution >= 4 is 11.9 Å². The average molecular weight is 222 g/mol. The van der Waals surface area contributed by atoms with Crippen molar-refractivity contribution in [3.05, 3.63) is 12.2 Å². The van der Waals surface area contributed by atoms with E-state index in [4.69, 9.17) is 9.47 Å². The van der Waals surface area contributed by atoms with Crippen LogP contribution < -0.4 is 0 Å². The molecule has 0 aromatic carbocycles. The number of carbonyl (C=O) groups is 2. The van der Waals surface area contributed by atoms with Crippen molar-refractivity contribution in [3.63, 3.8) is 0 Å². The molecule has 4 nitrogen and oxygen atoms in total. The van der Waals surface area contributed by atoms with E-state index in [0.717, 1.165) is 12.8 Å². The van der Waals surface area contributed by atoms with Gasteiger partial charge in [-0.05, 0) is 19.8 Å². The van der Waals surface area contributed by atoms with Crippen LogP contribution in [0.5, 0.6) is 0 Å². The second kappa shape index (κ2) is 3.09. The highest BCUT2D eigenvalue weighted by atomic mass is 16.6. The molecule has 4 heteroatoms. The minimum absolute atomic E-state index is 0.0854. The molecule has 1 saturated heterocycles. The van der Waals surface area contributed by atoms with Gasteiger partial charge in [-0.3, -0.25) is 4.79 Å². The summed E-state index contributed by atoms with van der Waals surface area (Å²) < 4.78 is 10.6. The number of fused-ring (bicyclic) bond motifs is 1. The molecule has 0 N–H and O–H groups in total. The summed E-state index contributed by atoms with van der Waals surface area (Å²) in [5.74, 6) is -0.217. The molecular formula is C12H14O4. The molecule has 0 aromatic rings. The normalized spacial score (nSPS) is 43.3. The van der Waals surface area contributed by atoms with Gasteiger partial charge in [0.05, 0.1) is 0 Å². The lowest BCUT2D eigenvalue weighted by molar-refractivity contribution is -0.153. The second-order valence-corrected chi connectivity index (χ2v) is 5.05. The quantitative estimate of drug-likeness (QED) is 0.517. The lowest BCUT2D eigenvalue weighted by Crippen LogP contribution is -2.35. The largest absolute Gasteiger partial charge is 0.462 e. The molecule has 2 aliphatic carbocycles. The predicted molar refractivity (Wildman–Crippen MR) is 54.3 cm³/mol. The first kappa shape index (κ1) is 9.87. The minimum Gasteiger partial charge on any atom is -0.462 e. The molecule has 0 spiro atoms. The summed E-state index contributed by atoms with van der Waals surface area (Å²) in [5, 5.41) is 0. The second-order valence-electron chi connectivity index (χ2n) is 5.05. The monoisotopic (exact) mass is 222 g/mol. The molecule has 2 saturated carbocycles. The smallest absolute Gasteiger partial charge is 0.333 e. The summed E-state index contributed by atoms with van der Waals surface area (Å²) in [5.41, 5.74) is 0.380. The molecule has 5 unspecified atom stereocenters. The maximum Gasteiger partial charge on any atom is 0.333 e. The third-order valence-electron chi connectivity index (χ3n) is 4.00. The number of ether oxygens (including phenoxy) is 2. The topological polar surface area (TPSA) is 52.6 Å². The Morgan fingerprint density at radius 3 is 2.94 bits per heavy atom. The van der Waals surface area contributed by atoms with E-state index < -0.39 is 5.97 Å². The maximum atomic E-state index is 11.6. The van der Waals surface area contributed by atoms with Crippen LogP contribution in [0.4, 0.5) is 0 Å². The Labute approximate surface area is 93.6 Å². The van der Waals surface area contributed by atoms with Crippen LogP contribution in [-0.4, -0.2) is 24.1 Å². The molecule has 86 valence electrons. The Bertz CT molecular complexity index is 384. The van der Waals surface area contributed by atoms with Crippen molar-refractivity contribution in [1.29, 1.82) is 0 Å². The molecular weight excluding hydrogens is 208 g/mol. The summed E-state index contributed by atoms with van der Waals surface area (Å²) in [6, 6.07) is 0. The van der Waals surface area contributed by atoms with E-state index in [-0.39, 0.29) is 30.0 Å². The van der Waals surface area contributed by atoms with Crippen LogP contribution in [-0.2, 0) is 19.1 Å². The fourth-order valence-corrected chi connectivity index (χ4v) is 3.32. The average Bonchev–Trinajstić information content (AvgIpc) is 2.78. The minimum atomic E-state index is -0.395. The van der Waals surface area contributed by atoms with Crippen molar-refractivity contribution in [2.75, 3.05) is 0 Å². The van der Waals surface area contributed by atoms with E-state index in [1.54, 1.807) is 6.92 Å². The van der Waals surface area contributed by atoms with Crippen LogP contribution in [0.3, 0.4) is 0 Å². The lowest BCUT2D eigenvalue weighted by atomic mass is 9.87. The fraction of sp³-hybridized carbons (Fsp3) is 0.667. The van der Waals surface area contributed by atoms with E-state index >= 15 is 0 Å². The lowest BCUT2D eigenvalue weighted by Gasteiger charge is -2.24. The van der Waals surface area contributed by atoms with Gasteiger partial charge in [0, 0.05) is 17.4 Å². The fourth-order valence-electron chi connectivity index (χ4n) is 3.32. The van der Waals surface area contributed by atoms with Crippen LogP contribution in [0.15, 0.2) is 12.2 Å². The van der Waals surface area contributed by atoms with Gasteiger partial charge in [-0.2, -0.15) is 0 Å². The van der Waals surface area contributed by atoms with Crippen molar-refractivity contribution in [3.8, 4) is 0 Å². The van der Waals surface area contributed by atoms with Crippen molar-refractivity contribution in [2.24, 2.45) is 17.8 Å². The van der Waals surface area contributed by atoms with Crippen LogP contribution >= 0.6 is 0 Å². The first-order valence-corrected chi connectivity index (χ1v) is 5.65. The molecule has 3 aliphatic rings. The molecule has 0 radical (unpaired) electrons. The number of carbonyl (C=O) groups excluding carboxylic acids is 2. The molecule has 0 amide bonds. The summed E-state index contributed by atoms with van der Waals surface area (Å²) in [6.07, 6.45) is 1.61. The molecule has 1 heterocycles. The van der Waals surface area contributed by atoms with Crippen molar-refractivity contribution < 1.29 is 19.1 Å². The Kier molecular flexibility index (Phi) is 1.91. The number of esters is 2. The predicted octanol–water partition coefficient (Wildman–Crippen LogP) is 1.06. The van der Waals surface area contributed by atoms with E-state index in [1.807, 2.05) is 0 Å². The van der Waals surface area contributed by atoms with Crippen molar-refractivity contribution in [2.45, 2.75) is 32.0 Å². The molecule has 1 aliphatic heterocycles. The highest BCUT2D eigenvalue weighted by Gasteiger charge is 2.63. The van der Waals surface area contributed by atoms with E-state index in [0.29, 0.717) is 11.5 Å². The molecule has 3 fully saturated rings. The first-order valence-electron chi connectivity index (χ1n) is 5.65.